The van der Waals surface area contributed by atoms with Crippen LogP contribution in [0.15, 0.2) is 0 Å². The minimum absolute atomic E-state index is 0.126. The van der Waals surface area contributed by atoms with Gasteiger partial charge in [-0.05, 0) is 6.42 Å². The van der Waals surface area contributed by atoms with Crippen molar-refractivity contribution < 1.29 is 9.59 Å². The first kappa shape index (κ1) is 10.4. The second-order valence-corrected chi connectivity index (χ2v) is 4.06. The van der Waals surface area contributed by atoms with Crippen LogP contribution in [0.25, 0.3) is 0 Å². The fourth-order valence-corrected chi connectivity index (χ4v) is 1.99. The summed E-state index contributed by atoms with van der Waals surface area (Å²) in [7, 11) is 0. The Hall–Kier alpha value is -1.14. The summed E-state index contributed by atoms with van der Waals surface area (Å²) in [6, 6.07) is -0.103. The van der Waals surface area contributed by atoms with Gasteiger partial charge in [-0.1, -0.05) is 0 Å². The molecule has 2 aliphatic rings. The number of likely N-dealkylation sites (tertiary alicyclic amines) is 1. The molecule has 0 bridgehead atoms. The number of nitrogens with two attached hydrogens (primary N) is 1. The van der Waals surface area contributed by atoms with Gasteiger partial charge < -0.3 is 11.1 Å². The Morgan fingerprint density at radius 1 is 1.53 bits per heavy atom. The van der Waals surface area contributed by atoms with E-state index in [0.717, 1.165) is 19.5 Å². The number of nitrogens with zero attached hydrogens (tertiary/aromatic N) is 2. The molecule has 15 heavy (non-hydrogen) atoms. The number of hydrogen-bond donors (Lipinski definition) is 2. The number of amides is 3. The number of nitrogens with one attached hydrogen (secondary N) is 1. The van der Waals surface area contributed by atoms with Crippen molar-refractivity contribution in [2.75, 3.05) is 32.7 Å². The number of hydrogen-bond acceptors (Lipinski definition) is 4. The van der Waals surface area contributed by atoms with Crippen LogP contribution in [0.4, 0.5) is 4.79 Å². The largest absolute Gasteiger partial charge is 0.336 e. The summed E-state index contributed by atoms with van der Waals surface area (Å²) in [5, 5.41) is 2.61. The van der Waals surface area contributed by atoms with Gasteiger partial charge in [-0.2, -0.15) is 0 Å². The third-order valence-electron chi connectivity index (χ3n) is 2.83. The minimum atomic E-state index is -0.275. The van der Waals surface area contributed by atoms with Gasteiger partial charge in [0.05, 0.1) is 6.54 Å². The van der Waals surface area contributed by atoms with Gasteiger partial charge in [-0.25, -0.2) is 4.79 Å². The van der Waals surface area contributed by atoms with Crippen molar-refractivity contribution in [2.24, 2.45) is 5.73 Å². The van der Waals surface area contributed by atoms with E-state index >= 15 is 0 Å². The zero-order valence-corrected chi connectivity index (χ0v) is 8.61. The lowest BCUT2D eigenvalue weighted by Gasteiger charge is -2.18. The van der Waals surface area contributed by atoms with Crippen molar-refractivity contribution >= 4 is 11.9 Å². The van der Waals surface area contributed by atoms with E-state index in [9.17, 15) is 9.59 Å². The number of carbonyl (C=O) groups excluding carboxylic acids is 2. The standard InChI is InChI=1S/C9H16N4O2/c10-7-1-3-12(5-7)6-8(14)13-4-2-11-9(13)15/h7H,1-6,10H2,(H,11,15)/t7-/m1/s1. The fourth-order valence-electron chi connectivity index (χ4n) is 1.99. The number of urea groups is 1. The molecule has 2 rings (SSSR count). The maximum atomic E-state index is 11.7. The van der Waals surface area contributed by atoms with E-state index in [2.05, 4.69) is 5.32 Å². The topological polar surface area (TPSA) is 78.7 Å². The Bertz CT molecular complexity index is 281. The second kappa shape index (κ2) is 4.16. The Morgan fingerprint density at radius 2 is 2.33 bits per heavy atom. The molecule has 6 heteroatoms. The Morgan fingerprint density at radius 3 is 2.87 bits per heavy atom. The van der Waals surface area contributed by atoms with Crippen molar-refractivity contribution in [3.63, 3.8) is 0 Å². The maximum Gasteiger partial charge on any atom is 0.324 e. The molecule has 0 radical (unpaired) electrons. The summed E-state index contributed by atoms with van der Waals surface area (Å²) in [6.45, 7) is 2.95. The Kier molecular flexibility index (Phi) is 2.88. The lowest BCUT2D eigenvalue weighted by Crippen LogP contribution is -2.41. The summed E-state index contributed by atoms with van der Waals surface area (Å²) in [4.78, 5) is 26.2. The van der Waals surface area contributed by atoms with Gasteiger partial charge in [0.1, 0.15) is 0 Å². The lowest BCUT2D eigenvalue weighted by atomic mass is 10.3. The van der Waals surface area contributed by atoms with E-state index in [4.69, 9.17) is 5.73 Å². The van der Waals surface area contributed by atoms with Crippen LogP contribution in [-0.4, -0.2) is 60.5 Å². The zero-order valence-electron chi connectivity index (χ0n) is 8.61. The van der Waals surface area contributed by atoms with Gasteiger partial charge in [-0.15, -0.1) is 0 Å². The number of rotatable bonds is 2. The molecule has 0 aromatic carbocycles. The van der Waals surface area contributed by atoms with E-state index in [1.54, 1.807) is 0 Å². The molecule has 6 nitrogen and oxygen atoms in total. The van der Waals surface area contributed by atoms with E-state index in [0.29, 0.717) is 19.6 Å². The average Bonchev–Trinajstić information content (AvgIpc) is 2.75. The highest BCUT2D eigenvalue weighted by Crippen LogP contribution is 2.07. The molecule has 0 unspecified atom stereocenters. The highest BCUT2D eigenvalue weighted by Gasteiger charge is 2.29. The molecule has 3 amide bonds. The van der Waals surface area contributed by atoms with Crippen LogP contribution >= 0.6 is 0 Å². The smallest absolute Gasteiger partial charge is 0.324 e. The maximum absolute atomic E-state index is 11.7. The first-order valence-corrected chi connectivity index (χ1v) is 5.23. The molecule has 0 aromatic rings. The van der Waals surface area contributed by atoms with Crippen LogP contribution in [-0.2, 0) is 4.79 Å². The summed E-state index contributed by atoms with van der Waals surface area (Å²) in [5.41, 5.74) is 5.74. The Labute approximate surface area is 88.4 Å². The van der Waals surface area contributed by atoms with Crippen molar-refractivity contribution in [1.29, 1.82) is 0 Å². The predicted molar refractivity (Wildman–Crippen MR) is 54.1 cm³/mol. The van der Waals surface area contributed by atoms with E-state index in [-0.39, 0.29) is 18.0 Å². The fraction of sp³-hybridized carbons (Fsp3) is 0.778. The minimum Gasteiger partial charge on any atom is -0.336 e. The third-order valence-corrected chi connectivity index (χ3v) is 2.83. The van der Waals surface area contributed by atoms with Gasteiger partial charge in [0.25, 0.3) is 0 Å². The molecule has 2 fully saturated rings. The number of imide groups is 1. The summed E-state index contributed by atoms with van der Waals surface area (Å²) < 4.78 is 0. The van der Waals surface area contributed by atoms with Crippen LogP contribution in [0, 0.1) is 0 Å². The van der Waals surface area contributed by atoms with Crippen LogP contribution in [0.1, 0.15) is 6.42 Å². The zero-order chi connectivity index (χ0) is 10.8. The molecule has 0 spiro atoms. The molecule has 2 saturated heterocycles. The van der Waals surface area contributed by atoms with Gasteiger partial charge in [-0.3, -0.25) is 14.6 Å². The van der Waals surface area contributed by atoms with Crippen LogP contribution < -0.4 is 11.1 Å². The molecule has 1 atom stereocenters. The van der Waals surface area contributed by atoms with Gasteiger partial charge in [0, 0.05) is 32.2 Å². The van der Waals surface area contributed by atoms with E-state index in [1.165, 1.54) is 4.90 Å². The quantitative estimate of drug-likeness (QED) is 0.588. The molecule has 0 saturated carbocycles. The first-order chi connectivity index (χ1) is 7.16. The summed E-state index contributed by atoms with van der Waals surface area (Å²) in [6.07, 6.45) is 0.930. The molecule has 2 heterocycles. The molecule has 0 aromatic heterocycles. The van der Waals surface area contributed by atoms with E-state index in [1.807, 2.05) is 4.90 Å². The van der Waals surface area contributed by atoms with Crippen molar-refractivity contribution in [2.45, 2.75) is 12.5 Å². The lowest BCUT2D eigenvalue weighted by molar-refractivity contribution is -0.128. The molecule has 2 aliphatic heterocycles. The highest BCUT2D eigenvalue weighted by molar-refractivity contribution is 5.96. The molecular weight excluding hydrogens is 196 g/mol. The van der Waals surface area contributed by atoms with Crippen molar-refractivity contribution in [3.05, 3.63) is 0 Å². The average molecular weight is 212 g/mol. The SMILES string of the molecule is N[C@@H]1CCN(CC(=O)N2CCNC2=O)C1. The first-order valence-electron chi connectivity index (χ1n) is 5.23. The van der Waals surface area contributed by atoms with Gasteiger partial charge in [0.2, 0.25) is 5.91 Å². The van der Waals surface area contributed by atoms with Crippen molar-refractivity contribution in [1.82, 2.24) is 15.1 Å². The second-order valence-electron chi connectivity index (χ2n) is 4.06. The molecule has 84 valence electrons. The molecular formula is C9H16N4O2. The third kappa shape index (κ3) is 2.27. The predicted octanol–water partition coefficient (Wildman–Crippen LogP) is -1.43. The van der Waals surface area contributed by atoms with Gasteiger partial charge in [0.15, 0.2) is 0 Å². The van der Waals surface area contributed by atoms with Crippen LogP contribution in [0.3, 0.4) is 0 Å². The van der Waals surface area contributed by atoms with E-state index < -0.39 is 0 Å². The van der Waals surface area contributed by atoms with Crippen LogP contribution in [0.5, 0.6) is 0 Å². The van der Waals surface area contributed by atoms with Crippen molar-refractivity contribution in [3.8, 4) is 0 Å². The molecule has 0 aliphatic carbocycles. The normalized spacial score (nSPS) is 27.1. The highest BCUT2D eigenvalue weighted by atomic mass is 16.2. The summed E-state index contributed by atoms with van der Waals surface area (Å²) >= 11 is 0. The molecule has 3 N–H and O–H groups in total. The van der Waals surface area contributed by atoms with Gasteiger partial charge >= 0.3 is 6.03 Å². The Balaban J connectivity index is 1.84. The number of carbonyl (C=O) groups is 2. The van der Waals surface area contributed by atoms with Crippen LogP contribution in [0.2, 0.25) is 0 Å². The summed E-state index contributed by atoms with van der Waals surface area (Å²) in [5.74, 6) is -0.126. The monoisotopic (exact) mass is 212 g/mol.